The number of fused-ring (bicyclic) bond motifs is 2. The molecule has 3 fully saturated rings. The minimum absolute atomic E-state index is 0.0994. The van der Waals surface area contributed by atoms with E-state index in [0.29, 0.717) is 18.9 Å². The number of hydrogen-bond acceptors (Lipinski definition) is 2. The summed E-state index contributed by atoms with van der Waals surface area (Å²) in [5.41, 5.74) is 0. The molecule has 5 heteroatoms. The first-order valence-corrected chi connectivity index (χ1v) is 7.80. The molecule has 0 aromatic heterocycles. The molecule has 112 valence electrons. The Morgan fingerprint density at radius 1 is 1.25 bits per heavy atom. The second-order valence-electron chi connectivity index (χ2n) is 6.79. The average Bonchev–Trinajstić information content (AvgIpc) is 3.13. The number of urea groups is 1. The monoisotopic (exact) mass is 280 g/mol. The van der Waals surface area contributed by atoms with Gasteiger partial charge in [0.15, 0.2) is 0 Å². The van der Waals surface area contributed by atoms with Gasteiger partial charge >= 0.3 is 12.0 Å². The van der Waals surface area contributed by atoms with E-state index in [9.17, 15) is 14.7 Å². The van der Waals surface area contributed by atoms with Gasteiger partial charge in [0, 0.05) is 20.1 Å². The highest BCUT2D eigenvalue weighted by atomic mass is 16.4. The molecule has 1 N–H and O–H groups in total. The van der Waals surface area contributed by atoms with Gasteiger partial charge in [0.05, 0.1) is 0 Å². The maximum atomic E-state index is 12.4. The van der Waals surface area contributed by atoms with Crippen molar-refractivity contribution in [3.05, 3.63) is 0 Å². The summed E-state index contributed by atoms with van der Waals surface area (Å²) in [6, 6.07) is -0.720. The number of aliphatic carboxylic acids is 1. The summed E-state index contributed by atoms with van der Waals surface area (Å²) < 4.78 is 0. The fourth-order valence-electron chi connectivity index (χ4n) is 4.50. The van der Waals surface area contributed by atoms with Crippen LogP contribution in [0.15, 0.2) is 0 Å². The van der Waals surface area contributed by atoms with Gasteiger partial charge in [0.1, 0.15) is 6.04 Å². The summed E-state index contributed by atoms with van der Waals surface area (Å²) in [5, 5.41) is 9.17. The van der Waals surface area contributed by atoms with E-state index in [4.69, 9.17) is 0 Å². The predicted molar refractivity (Wildman–Crippen MR) is 74.3 cm³/mol. The van der Waals surface area contributed by atoms with Crippen molar-refractivity contribution < 1.29 is 14.7 Å². The molecule has 2 saturated carbocycles. The van der Waals surface area contributed by atoms with E-state index in [-0.39, 0.29) is 6.03 Å². The molecule has 2 aliphatic carbocycles. The molecule has 2 amide bonds. The summed E-state index contributed by atoms with van der Waals surface area (Å²) in [7, 11) is 1.82. The summed E-state index contributed by atoms with van der Waals surface area (Å²) in [5.74, 6) is 1.44. The quantitative estimate of drug-likeness (QED) is 0.860. The van der Waals surface area contributed by atoms with Crippen molar-refractivity contribution in [1.29, 1.82) is 0 Å². The Morgan fingerprint density at radius 3 is 2.65 bits per heavy atom. The van der Waals surface area contributed by atoms with Crippen LogP contribution >= 0.6 is 0 Å². The molecular weight excluding hydrogens is 256 g/mol. The normalized spacial score (nSPS) is 35.5. The van der Waals surface area contributed by atoms with Gasteiger partial charge in [-0.1, -0.05) is 6.42 Å². The topological polar surface area (TPSA) is 60.9 Å². The van der Waals surface area contributed by atoms with Crippen LogP contribution in [0.3, 0.4) is 0 Å². The van der Waals surface area contributed by atoms with Crippen molar-refractivity contribution in [1.82, 2.24) is 9.80 Å². The number of amides is 2. The molecule has 3 aliphatic rings. The van der Waals surface area contributed by atoms with E-state index >= 15 is 0 Å². The number of carboxylic acid groups (broad SMARTS) is 1. The van der Waals surface area contributed by atoms with Crippen LogP contribution in [0, 0.1) is 17.8 Å². The molecule has 0 radical (unpaired) electrons. The zero-order chi connectivity index (χ0) is 14.3. The van der Waals surface area contributed by atoms with E-state index in [0.717, 1.165) is 24.8 Å². The molecule has 2 bridgehead atoms. The lowest BCUT2D eigenvalue weighted by Gasteiger charge is -2.31. The summed E-state index contributed by atoms with van der Waals surface area (Å²) in [6.07, 6.45) is 6.66. The van der Waals surface area contributed by atoms with Crippen LogP contribution in [0.5, 0.6) is 0 Å². The van der Waals surface area contributed by atoms with Gasteiger partial charge in [-0.25, -0.2) is 9.59 Å². The predicted octanol–water partition coefficient (Wildman–Crippen LogP) is 2.02. The second kappa shape index (κ2) is 5.26. The van der Waals surface area contributed by atoms with Gasteiger partial charge in [0.2, 0.25) is 0 Å². The largest absolute Gasteiger partial charge is 0.480 e. The Bertz CT molecular complexity index is 412. The fraction of sp³-hybridized carbons (Fsp3) is 0.867. The molecule has 20 heavy (non-hydrogen) atoms. The van der Waals surface area contributed by atoms with E-state index in [2.05, 4.69) is 0 Å². The third-order valence-corrected chi connectivity index (χ3v) is 5.50. The van der Waals surface area contributed by atoms with Crippen molar-refractivity contribution in [2.24, 2.45) is 17.8 Å². The van der Waals surface area contributed by atoms with Crippen LogP contribution in [0.2, 0.25) is 0 Å². The molecule has 4 atom stereocenters. The van der Waals surface area contributed by atoms with Crippen molar-refractivity contribution in [3.63, 3.8) is 0 Å². The number of nitrogens with zero attached hydrogens (tertiary/aromatic N) is 2. The maximum absolute atomic E-state index is 12.4. The summed E-state index contributed by atoms with van der Waals surface area (Å²) >= 11 is 0. The fourth-order valence-corrected chi connectivity index (χ4v) is 4.50. The second-order valence-corrected chi connectivity index (χ2v) is 6.79. The number of likely N-dealkylation sites (tertiary alicyclic amines) is 1. The molecule has 1 saturated heterocycles. The Morgan fingerprint density at radius 2 is 2.05 bits per heavy atom. The minimum Gasteiger partial charge on any atom is -0.480 e. The number of carbonyl (C=O) groups is 2. The van der Waals surface area contributed by atoms with Gasteiger partial charge in [-0.05, 0) is 49.9 Å². The highest BCUT2D eigenvalue weighted by Crippen LogP contribution is 2.48. The van der Waals surface area contributed by atoms with Crippen LogP contribution < -0.4 is 0 Å². The molecule has 0 aromatic rings. The van der Waals surface area contributed by atoms with E-state index in [1.54, 1.807) is 4.90 Å². The molecule has 0 spiro atoms. The van der Waals surface area contributed by atoms with Crippen LogP contribution in [-0.2, 0) is 4.79 Å². The lowest BCUT2D eigenvalue weighted by atomic mass is 9.88. The summed E-state index contributed by atoms with van der Waals surface area (Å²) in [4.78, 5) is 26.9. The Kier molecular flexibility index (Phi) is 3.61. The first-order chi connectivity index (χ1) is 9.56. The maximum Gasteiger partial charge on any atom is 0.326 e. The third-order valence-electron chi connectivity index (χ3n) is 5.50. The molecular formula is C15H24N2O3. The standard InChI is InChI=1S/C15H24N2O3/c1-16(9-12-8-10-4-5-11(12)7-10)15(20)17-6-2-3-13(17)14(18)19/h10-13H,2-9H2,1H3,(H,18,19)/t10?,11?,12?,13-/m0/s1. The van der Waals surface area contributed by atoms with E-state index < -0.39 is 12.0 Å². The van der Waals surface area contributed by atoms with Gasteiger partial charge in [0.25, 0.3) is 0 Å². The van der Waals surface area contributed by atoms with Crippen LogP contribution in [0.25, 0.3) is 0 Å². The highest BCUT2D eigenvalue weighted by molar-refractivity contribution is 5.83. The molecule has 5 nitrogen and oxygen atoms in total. The van der Waals surface area contributed by atoms with E-state index in [1.807, 2.05) is 7.05 Å². The molecule has 1 heterocycles. The smallest absolute Gasteiger partial charge is 0.326 e. The Balaban J connectivity index is 1.58. The average molecular weight is 280 g/mol. The minimum atomic E-state index is -0.871. The van der Waals surface area contributed by atoms with Crippen LogP contribution in [0.1, 0.15) is 38.5 Å². The first kappa shape index (κ1) is 13.7. The molecule has 3 rings (SSSR count). The Labute approximate surface area is 119 Å². The molecule has 0 aromatic carbocycles. The van der Waals surface area contributed by atoms with Gasteiger partial charge in [-0.2, -0.15) is 0 Å². The van der Waals surface area contributed by atoms with Crippen molar-refractivity contribution in [3.8, 4) is 0 Å². The summed E-state index contributed by atoms with van der Waals surface area (Å²) in [6.45, 7) is 1.37. The zero-order valence-corrected chi connectivity index (χ0v) is 12.1. The number of carboxylic acids is 1. The van der Waals surface area contributed by atoms with Gasteiger partial charge in [-0.15, -0.1) is 0 Å². The highest BCUT2D eigenvalue weighted by Gasteiger charge is 2.41. The number of hydrogen-bond donors (Lipinski definition) is 1. The van der Waals surface area contributed by atoms with Gasteiger partial charge in [-0.3, -0.25) is 0 Å². The molecule has 3 unspecified atom stereocenters. The number of rotatable bonds is 3. The van der Waals surface area contributed by atoms with Gasteiger partial charge < -0.3 is 14.9 Å². The molecule has 1 aliphatic heterocycles. The van der Waals surface area contributed by atoms with Crippen LogP contribution in [-0.4, -0.2) is 53.1 Å². The van der Waals surface area contributed by atoms with Crippen molar-refractivity contribution in [2.45, 2.75) is 44.6 Å². The lowest BCUT2D eigenvalue weighted by molar-refractivity contribution is -0.141. The first-order valence-electron chi connectivity index (χ1n) is 7.80. The third kappa shape index (κ3) is 2.38. The SMILES string of the molecule is CN(CC1CC2CCC1C2)C(=O)N1CCC[C@H]1C(=O)O. The van der Waals surface area contributed by atoms with E-state index in [1.165, 1.54) is 30.6 Å². The number of carbonyl (C=O) groups excluding carboxylic acids is 1. The van der Waals surface area contributed by atoms with Crippen LogP contribution in [0.4, 0.5) is 4.79 Å². The zero-order valence-electron chi connectivity index (χ0n) is 12.1. The lowest BCUT2D eigenvalue weighted by Crippen LogP contribution is -2.48. The van der Waals surface area contributed by atoms with Crippen molar-refractivity contribution >= 4 is 12.0 Å². The van der Waals surface area contributed by atoms with Crippen molar-refractivity contribution in [2.75, 3.05) is 20.1 Å². The Hall–Kier alpha value is -1.26.